The standard InChI is InChI=1S/C12H14N2O2/c13-7-8-5-9(6-8)15-12-14-10-3-1-2-4-11(10)16-12/h1-4,8-9H,5-7,13H2. The smallest absolute Gasteiger partial charge is 0.394 e. The summed E-state index contributed by atoms with van der Waals surface area (Å²) in [6, 6.07) is 7.65. The summed E-state index contributed by atoms with van der Waals surface area (Å²) in [4.78, 5) is 4.27. The topological polar surface area (TPSA) is 61.3 Å². The van der Waals surface area contributed by atoms with Crippen molar-refractivity contribution in [1.29, 1.82) is 0 Å². The predicted molar refractivity (Wildman–Crippen MR) is 60.2 cm³/mol. The van der Waals surface area contributed by atoms with E-state index in [0.717, 1.165) is 30.5 Å². The predicted octanol–water partition coefficient (Wildman–Crippen LogP) is 1.94. The lowest BCUT2D eigenvalue weighted by atomic mass is 9.82. The summed E-state index contributed by atoms with van der Waals surface area (Å²) in [5.74, 6) is 0.606. The summed E-state index contributed by atoms with van der Waals surface area (Å²) in [6.45, 7) is 0.743. The van der Waals surface area contributed by atoms with E-state index in [-0.39, 0.29) is 6.10 Å². The molecular formula is C12H14N2O2. The number of aromatic nitrogens is 1. The van der Waals surface area contributed by atoms with E-state index < -0.39 is 0 Å². The van der Waals surface area contributed by atoms with Gasteiger partial charge in [0.1, 0.15) is 11.6 Å². The summed E-state index contributed by atoms with van der Waals surface area (Å²) >= 11 is 0. The van der Waals surface area contributed by atoms with Gasteiger partial charge in [0, 0.05) is 0 Å². The average Bonchev–Trinajstić information content (AvgIpc) is 2.65. The molecule has 1 aromatic carbocycles. The molecule has 2 N–H and O–H groups in total. The third-order valence-electron chi connectivity index (χ3n) is 3.07. The number of nitrogens with two attached hydrogens (primary N) is 1. The summed E-state index contributed by atoms with van der Waals surface area (Å²) in [7, 11) is 0. The minimum atomic E-state index is 0.224. The van der Waals surface area contributed by atoms with Gasteiger partial charge in [-0.2, -0.15) is 4.98 Å². The Bertz CT molecular complexity index is 455. The van der Waals surface area contributed by atoms with Crippen LogP contribution in [-0.4, -0.2) is 17.6 Å². The fourth-order valence-electron chi connectivity index (χ4n) is 2.01. The molecule has 1 fully saturated rings. The highest BCUT2D eigenvalue weighted by Gasteiger charge is 2.30. The van der Waals surface area contributed by atoms with Gasteiger partial charge < -0.3 is 14.9 Å². The summed E-state index contributed by atoms with van der Waals surface area (Å²) < 4.78 is 11.1. The van der Waals surface area contributed by atoms with Gasteiger partial charge in [-0.3, -0.25) is 0 Å². The van der Waals surface area contributed by atoms with E-state index in [1.807, 2.05) is 24.3 Å². The maximum absolute atomic E-state index is 5.63. The van der Waals surface area contributed by atoms with Gasteiger partial charge in [0.25, 0.3) is 0 Å². The van der Waals surface area contributed by atoms with Crippen LogP contribution in [0.25, 0.3) is 11.1 Å². The van der Waals surface area contributed by atoms with Crippen molar-refractivity contribution in [3.63, 3.8) is 0 Å². The number of rotatable bonds is 3. The first-order chi connectivity index (χ1) is 7.85. The normalized spacial score (nSPS) is 24.3. The second kappa shape index (κ2) is 3.79. The van der Waals surface area contributed by atoms with Gasteiger partial charge in [-0.1, -0.05) is 12.1 Å². The van der Waals surface area contributed by atoms with Crippen molar-refractivity contribution in [1.82, 2.24) is 4.98 Å². The van der Waals surface area contributed by atoms with Crippen molar-refractivity contribution in [3.8, 4) is 6.08 Å². The summed E-state index contributed by atoms with van der Waals surface area (Å²) in [5.41, 5.74) is 7.17. The number of oxazole rings is 1. The summed E-state index contributed by atoms with van der Waals surface area (Å²) in [5, 5.41) is 0. The van der Waals surface area contributed by atoms with Gasteiger partial charge in [0.15, 0.2) is 5.58 Å². The highest BCUT2D eigenvalue weighted by atomic mass is 16.6. The van der Waals surface area contributed by atoms with Crippen LogP contribution in [0, 0.1) is 5.92 Å². The average molecular weight is 218 g/mol. The molecule has 0 spiro atoms. The maximum Gasteiger partial charge on any atom is 0.394 e. The maximum atomic E-state index is 5.63. The SMILES string of the molecule is NCC1CC(Oc2nc3ccccc3o2)C1. The highest BCUT2D eigenvalue weighted by molar-refractivity contribution is 5.72. The second-order valence-corrected chi connectivity index (χ2v) is 4.26. The van der Waals surface area contributed by atoms with Crippen LogP contribution < -0.4 is 10.5 Å². The Balaban J connectivity index is 1.71. The monoisotopic (exact) mass is 218 g/mol. The minimum Gasteiger partial charge on any atom is -0.447 e. The molecule has 0 amide bonds. The number of hydrogen-bond acceptors (Lipinski definition) is 4. The lowest BCUT2D eigenvalue weighted by Gasteiger charge is -2.32. The molecule has 1 aromatic heterocycles. The molecule has 3 rings (SSSR count). The van der Waals surface area contributed by atoms with E-state index in [2.05, 4.69) is 4.98 Å². The molecule has 2 aromatic rings. The molecule has 16 heavy (non-hydrogen) atoms. The van der Waals surface area contributed by atoms with E-state index in [0.29, 0.717) is 12.0 Å². The quantitative estimate of drug-likeness (QED) is 0.855. The Morgan fingerprint density at radius 1 is 1.38 bits per heavy atom. The van der Waals surface area contributed by atoms with E-state index in [1.165, 1.54) is 0 Å². The van der Waals surface area contributed by atoms with Gasteiger partial charge in [-0.15, -0.1) is 0 Å². The number of ether oxygens (including phenoxy) is 1. The van der Waals surface area contributed by atoms with Crippen LogP contribution in [0.15, 0.2) is 28.7 Å². The van der Waals surface area contributed by atoms with Crippen molar-refractivity contribution >= 4 is 11.1 Å². The number of benzene rings is 1. The first kappa shape index (κ1) is 9.66. The molecule has 1 aliphatic carbocycles. The second-order valence-electron chi connectivity index (χ2n) is 4.26. The first-order valence-electron chi connectivity index (χ1n) is 5.57. The lowest BCUT2D eigenvalue weighted by molar-refractivity contribution is 0.0441. The molecule has 1 aliphatic rings. The van der Waals surface area contributed by atoms with Crippen molar-refractivity contribution in [2.75, 3.05) is 6.54 Å². The zero-order valence-corrected chi connectivity index (χ0v) is 8.93. The molecule has 0 bridgehead atoms. The molecule has 0 aliphatic heterocycles. The third kappa shape index (κ3) is 1.65. The summed E-state index contributed by atoms with van der Waals surface area (Å²) in [6.07, 6.45) is 2.62. The zero-order valence-electron chi connectivity index (χ0n) is 8.93. The van der Waals surface area contributed by atoms with Crippen LogP contribution in [0.2, 0.25) is 0 Å². The van der Waals surface area contributed by atoms with Gasteiger partial charge in [0.05, 0.1) is 0 Å². The molecule has 0 saturated heterocycles. The Labute approximate surface area is 93.4 Å². The lowest BCUT2D eigenvalue weighted by Crippen LogP contribution is -2.37. The Morgan fingerprint density at radius 2 is 2.19 bits per heavy atom. The number of para-hydroxylation sites is 2. The molecule has 4 nitrogen and oxygen atoms in total. The molecule has 0 radical (unpaired) electrons. The largest absolute Gasteiger partial charge is 0.447 e. The van der Waals surface area contributed by atoms with Crippen LogP contribution in [-0.2, 0) is 0 Å². The molecule has 0 unspecified atom stereocenters. The van der Waals surface area contributed by atoms with E-state index in [1.54, 1.807) is 0 Å². The number of nitrogens with zero attached hydrogens (tertiary/aromatic N) is 1. The van der Waals surface area contributed by atoms with Crippen molar-refractivity contribution in [3.05, 3.63) is 24.3 Å². The molecule has 1 heterocycles. The number of hydrogen-bond donors (Lipinski definition) is 1. The van der Waals surface area contributed by atoms with E-state index >= 15 is 0 Å². The van der Waals surface area contributed by atoms with Gasteiger partial charge in [0.2, 0.25) is 0 Å². The van der Waals surface area contributed by atoms with Crippen molar-refractivity contribution in [2.24, 2.45) is 11.7 Å². The van der Waals surface area contributed by atoms with E-state index in [9.17, 15) is 0 Å². The third-order valence-corrected chi connectivity index (χ3v) is 3.07. The first-order valence-corrected chi connectivity index (χ1v) is 5.57. The highest BCUT2D eigenvalue weighted by Crippen LogP contribution is 2.31. The van der Waals surface area contributed by atoms with Crippen molar-refractivity contribution < 1.29 is 9.15 Å². The number of fused-ring (bicyclic) bond motifs is 1. The minimum absolute atomic E-state index is 0.224. The van der Waals surface area contributed by atoms with Crippen LogP contribution in [0.3, 0.4) is 0 Å². The van der Waals surface area contributed by atoms with Crippen LogP contribution >= 0.6 is 0 Å². The molecule has 0 atom stereocenters. The zero-order chi connectivity index (χ0) is 11.0. The Kier molecular flexibility index (Phi) is 2.29. The molecule has 84 valence electrons. The van der Waals surface area contributed by atoms with Crippen LogP contribution in [0.1, 0.15) is 12.8 Å². The van der Waals surface area contributed by atoms with Crippen molar-refractivity contribution in [2.45, 2.75) is 18.9 Å². The van der Waals surface area contributed by atoms with Crippen LogP contribution in [0.4, 0.5) is 0 Å². The fraction of sp³-hybridized carbons (Fsp3) is 0.417. The Morgan fingerprint density at radius 3 is 2.94 bits per heavy atom. The molecule has 4 heteroatoms. The Hall–Kier alpha value is -1.55. The fourth-order valence-corrected chi connectivity index (χ4v) is 2.01. The van der Waals surface area contributed by atoms with E-state index in [4.69, 9.17) is 14.9 Å². The van der Waals surface area contributed by atoms with Gasteiger partial charge >= 0.3 is 6.08 Å². The molecule has 1 saturated carbocycles. The van der Waals surface area contributed by atoms with Gasteiger partial charge in [-0.05, 0) is 37.4 Å². The van der Waals surface area contributed by atoms with Gasteiger partial charge in [-0.25, -0.2) is 0 Å². The van der Waals surface area contributed by atoms with Crippen LogP contribution in [0.5, 0.6) is 6.08 Å². The molecular weight excluding hydrogens is 204 g/mol.